The van der Waals surface area contributed by atoms with Gasteiger partial charge < -0.3 is 20.1 Å². The quantitative estimate of drug-likeness (QED) is 0.311. The lowest BCUT2D eigenvalue weighted by molar-refractivity contribution is -0.384. The van der Waals surface area contributed by atoms with E-state index < -0.39 is 28.3 Å². The lowest BCUT2D eigenvalue weighted by atomic mass is 10.0. The number of aliphatic hydroxyl groups excluding tert-OH is 2. The summed E-state index contributed by atoms with van der Waals surface area (Å²) < 4.78 is 3.88. The third-order valence-electron chi connectivity index (χ3n) is 5.00. The number of hydrogen-bond donors (Lipinski definition) is 3. The molecule has 1 aromatic carbocycles. The first-order valence-electron chi connectivity index (χ1n) is 9.13. The van der Waals surface area contributed by atoms with E-state index >= 15 is 0 Å². The summed E-state index contributed by atoms with van der Waals surface area (Å²) in [4.78, 5) is 38.8. The van der Waals surface area contributed by atoms with Gasteiger partial charge in [-0.25, -0.2) is 9.78 Å². The van der Waals surface area contributed by atoms with Crippen LogP contribution in [0.2, 0.25) is 0 Å². The van der Waals surface area contributed by atoms with Gasteiger partial charge >= 0.3 is 5.69 Å². The molecule has 160 valence electrons. The maximum atomic E-state index is 12.4. The zero-order valence-electron chi connectivity index (χ0n) is 16.4. The zero-order chi connectivity index (χ0) is 22.0. The molecule has 2 aromatic heterocycles. The van der Waals surface area contributed by atoms with Gasteiger partial charge in [-0.3, -0.25) is 24.0 Å². The molecule has 2 heterocycles. The van der Waals surface area contributed by atoms with Crippen LogP contribution in [0.5, 0.6) is 0 Å². The SMILES string of the molecule is Cn1c(=O)c2c(ncn2CCNC(CO)C(O)c2ccc([N+](=O)[O-])cc2)n(C)c1=O. The number of nitro groups is 1. The van der Waals surface area contributed by atoms with Crippen LogP contribution < -0.4 is 16.6 Å². The highest BCUT2D eigenvalue weighted by atomic mass is 16.6. The van der Waals surface area contributed by atoms with Gasteiger partial charge in [0.1, 0.15) is 0 Å². The Morgan fingerprint density at radius 2 is 1.87 bits per heavy atom. The first-order valence-corrected chi connectivity index (χ1v) is 9.13. The number of non-ortho nitro benzene ring substituents is 1. The standard InChI is InChI=1S/C18H22N6O6/c1-21-16-14(17(27)22(2)18(21)28)23(10-20-16)8-7-19-13(9-25)15(26)11-3-5-12(6-4-11)24(29)30/h3-6,10,13,15,19,25-26H,7-9H2,1-2H3. The van der Waals surface area contributed by atoms with Crippen LogP contribution in [0.1, 0.15) is 11.7 Å². The fourth-order valence-electron chi connectivity index (χ4n) is 3.24. The molecule has 30 heavy (non-hydrogen) atoms. The van der Waals surface area contributed by atoms with Crippen molar-refractivity contribution in [1.82, 2.24) is 24.0 Å². The predicted molar refractivity (Wildman–Crippen MR) is 107 cm³/mol. The Bertz CT molecular complexity index is 1180. The highest BCUT2D eigenvalue weighted by Crippen LogP contribution is 2.20. The molecule has 0 saturated heterocycles. The van der Waals surface area contributed by atoms with Crippen molar-refractivity contribution in [1.29, 1.82) is 0 Å². The number of hydrogen-bond acceptors (Lipinski definition) is 8. The van der Waals surface area contributed by atoms with E-state index in [0.29, 0.717) is 12.1 Å². The molecule has 2 unspecified atom stereocenters. The smallest absolute Gasteiger partial charge is 0.332 e. The Labute approximate surface area is 169 Å². The van der Waals surface area contributed by atoms with Crippen LogP contribution in [-0.2, 0) is 20.6 Å². The van der Waals surface area contributed by atoms with Crippen molar-refractivity contribution in [3.63, 3.8) is 0 Å². The molecule has 3 aromatic rings. The van der Waals surface area contributed by atoms with Crippen molar-refractivity contribution in [3.8, 4) is 0 Å². The summed E-state index contributed by atoms with van der Waals surface area (Å²) >= 11 is 0. The fraction of sp³-hybridized carbons (Fsp3) is 0.389. The van der Waals surface area contributed by atoms with Gasteiger partial charge in [0.25, 0.3) is 11.2 Å². The summed E-state index contributed by atoms with van der Waals surface area (Å²) in [6.07, 6.45) is 0.359. The normalized spacial score (nSPS) is 13.5. The van der Waals surface area contributed by atoms with Crippen molar-refractivity contribution < 1.29 is 15.1 Å². The molecule has 0 aliphatic carbocycles. The van der Waals surface area contributed by atoms with E-state index in [1.165, 1.54) is 49.3 Å². The topological polar surface area (TPSA) is 157 Å². The van der Waals surface area contributed by atoms with E-state index in [2.05, 4.69) is 10.3 Å². The average molecular weight is 418 g/mol. The first-order chi connectivity index (χ1) is 14.3. The Balaban J connectivity index is 1.72. The minimum Gasteiger partial charge on any atom is -0.395 e. The largest absolute Gasteiger partial charge is 0.395 e. The first kappa shape index (κ1) is 21.4. The number of benzene rings is 1. The number of aromatic nitrogens is 4. The summed E-state index contributed by atoms with van der Waals surface area (Å²) in [5.74, 6) is 0. The third-order valence-corrected chi connectivity index (χ3v) is 5.00. The van der Waals surface area contributed by atoms with E-state index in [9.17, 15) is 29.9 Å². The number of aryl methyl sites for hydroxylation is 1. The van der Waals surface area contributed by atoms with Gasteiger partial charge in [0.2, 0.25) is 0 Å². The highest BCUT2D eigenvalue weighted by Gasteiger charge is 2.21. The summed E-state index contributed by atoms with van der Waals surface area (Å²) in [6, 6.07) is 4.70. The van der Waals surface area contributed by atoms with Crippen LogP contribution >= 0.6 is 0 Å². The Morgan fingerprint density at radius 1 is 1.20 bits per heavy atom. The van der Waals surface area contributed by atoms with Crippen molar-refractivity contribution in [2.75, 3.05) is 13.2 Å². The van der Waals surface area contributed by atoms with Crippen LogP contribution in [0.4, 0.5) is 5.69 Å². The van der Waals surface area contributed by atoms with Gasteiger partial charge in [-0.15, -0.1) is 0 Å². The second-order valence-electron chi connectivity index (χ2n) is 6.85. The number of fused-ring (bicyclic) bond motifs is 1. The molecule has 3 rings (SSSR count). The van der Waals surface area contributed by atoms with Gasteiger partial charge in [0.15, 0.2) is 11.2 Å². The Kier molecular flexibility index (Phi) is 6.10. The van der Waals surface area contributed by atoms with Gasteiger partial charge in [0.05, 0.1) is 30.0 Å². The van der Waals surface area contributed by atoms with Crippen LogP contribution in [-0.4, -0.2) is 53.0 Å². The van der Waals surface area contributed by atoms with Gasteiger partial charge in [-0.05, 0) is 17.7 Å². The van der Waals surface area contributed by atoms with Crippen molar-refractivity contribution in [2.24, 2.45) is 14.1 Å². The molecule has 2 atom stereocenters. The molecule has 0 saturated carbocycles. The number of nitro benzene ring substituents is 1. The van der Waals surface area contributed by atoms with E-state index in [4.69, 9.17) is 0 Å². The molecule has 12 heteroatoms. The second kappa shape index (κ2) is 8.57. The maximum Gasteiger partial charge on any atom is 0.332 e. The molecule has 0 radical (unpaired) electrons. The Hall–Kier alpha value is -3.35. The molecule has 12 nitrogen and oxygen atoms in total. The zero-order valence-corrected chi connectivity index (χ0v) is 16.4. The van der Waals surface area contributed by atoms with Crippen LogP contribution in [0.3, 0.4) is 0 Å². The lowest BCUT2D eigenvalue weighted by Crippen LogP contribution is -2.40. The minimum absolute atomic E-state index is 0.0950. The van der Waals surface area contributed by atoms with E-state index in [1.807, 2.05) is 0 Å². The maximum absolute atomic E-state index is 12.4. The second-order valence-corrected chi connectivity index (χ2v) is 6.85. The van der Waals surface area contributed by atoms with Crippen LogP contribution in [0.15, 0.2) is 40.2 Å². The molecular weight excluding hydrogens is 396 g/mol. The third kappa shape index (κ3) is 3.87. The number of nitrogens with one attached hydrogen (secondary N) is 1. The summed E-state index contributed by atoms with van der Waals surface area (Å²) in [7, 11) is 2.92. The molecule has 0 aliphatic heterocycles. The monoisotopic (exact) mass is 418 g/mol. The lowest BCUT2D eigenvalue weighted by Gasteiger charge is -2.22. The van der Waals surface area contributed by atoms with Crippen molar-refractivity contribution in [3.05, 3.63) is 67.1 Å². The fourth-order valence-corrected chi connectivity index (χ4v) is 3.24. The molecule has 0 spiro atoms. The summed E-state index contributed by atoms with van der Waals surface area (Å²) in [5.41, 5.74) is -0.0604. The van der Waals surface area contributed by atoms with E-state index in [1.54, 1.807) is 4.57 Å². The van der Waals surface area contributed by atoms with Crippen LogP contribution in [0, 0.1) is 10.1 Å². The molecular formula is C18H22N6O6. The molecule has 0 aliphatic rings. The molecule has 0 amide bonds. The van der Waals surface area contributed by atoms with Crippen molar-refractivity contribution >= 4 is 16.9 Å². The highest BCUT2D eigenvalue weighted by molar-refractivity contribution is 5.69. The number of nitrogens with zero attached hydrogens (tertiary/aromatic N) is 5. The van der Waals surface area contributed by atoms with Gasteiger partial charge in [0, 0.05) is 39.3 Å². The minimum atomic E-state index is -1.09. The number of imidazole rings is 1. The summed E-state index contributed by atoms with van der Waals surface area (Å²) in [5, 5.41) is 33.9. The van der Waals surface area contributed by atoms with Crippen molar-refractivity contribution in [2.45, 2.75) is 18.7 Å². The van der Waals surface area contributed by atoms with Gasteiger partial charge in [-0.2, -0.15) is 0 Å². The molecule has 0 bridgehead atoms. The summed E-state index contributed by atoms with van der Waals surface area (Å²) in [6.45, 7) is 0.208. The average Bonchev–Trinajstić information content (AvgIpc) is 3.17. The van der Waals surface area contributed by atoms with E-state index in [-0.39, 0.29) is 30.0 Å². The van der Waals surface area contributed by atoms with E-state index in [0.717, 1.165) is 4.57 Å². The van der Waals surface area contributed by atoms with Gasteiger partial charge in [-0.1, -0.05) is 0 Å². The van der Waals surface area contributed by atoms with Crippen LogP contribution in [0.25, 0.3) is 11.2 Å². The number of aliphatic hydroxyl groups is 2. The molecule has 3 N–H and O–H groups in total. The molecule has 0 fully saturated rings. The predicted octanol–water partition coefficient (Wildman–Crippen LogP) is -0.974. The Morgan fingerprint density at radius 3 is 2.47 bits per heavy atom. The number of rotatable bonds is 8.